The highest BCUT2D eigenvalue weighted by Gasteiger charge is 2.33. The standard InChI is InChI=1S/C10H20Cl2Si/c1-2-3-4-5-10-6-8-13(11,12)9-7-10/h10H,2-9H2,1H3. The van der Waals surface area contributed by atoms with Gasteiger partial charge in [-0.1, -0.05) is 45.4 Å². The topological polar surface area (TPSA) is 0 Å². The zero-order valence-corrected chi connectivity index (χ0v) is 11.0. The number of rotatable bonds is 4. The van der Waals surface area contributed by atoms with Crippen LogP contribution in [0.1, 0.15) is 45.4 Å². The molecule has 0 radical (unpaired) electrons. The molecule has 0 amide bonds. The van der Waals surface area contributed by atoms with E-state index in [0.717, 1.165) is 18.0 Å². The van der Waals surface area contributed by atoms with Crippen molar-refractivity contribution >= 4 is 28.9 Å². The molecule has 0 unspecified atom stereocenters. The molecule has 1 aliphatic rings. The second kappa shape index (κ2) is 5.62. The highest BCUT2D eigenvalue weighted by molar-refractivity contribution is 7.45. The summed E-state index contributed by atoms with van der Waals surface area (Å²) in [5.41, 5.74) is 0. The minimum atomic E-state index is -1.74. The SMILES string of the molecule is CCCCCC1CC[Si](Cl)(Cl)CC1. The summed E-state index contributed by atoms with van der Waals surface area (Å²) in [4.78, 5) is 0. The third-order valence-electron chi connectivity index (χ3n) is 3.05. The fourth-order valence-electron chi connectivity index (χ4n) is 2.07. The first kappa shape index (κ1) is 11.9. The summed E-state index contributed by atoms with van der Waals surface area (Å²) in [5, 5.41) is 0. The van der Waals surface area contributed by atoms with E-state index in [0.29, 0.717) is 0 Å². The predicted molar refractivity (Wildman–Crippen MR) is 63.9 cm³/mol. The third kappa shape index (κ3) is 4.71. The van der Waals surface area contributed by atoms with Gasteiger partial charge in [0, 0.05) is 0 Å². The Morgan fingerprint density at radius 1 is 1.15 bits per heavy atom. The lowest BCUT2D eigenvalue weighted by Crippen LogP contribution is -2.26. The molecule has 0 aromatic heterocycles. The van der Waals surface area contributed by atoms with Crippen LogP contribution in [0, 0.1) is 5.92 Å². The van der Waals surface area contributed by atoms with E-state index in [-0.39, 0.29) is 0 Å². The van der Waals surface area contributed by atoms with Gasteiger partial charge in [-0.05, 0) is 18.0 Å². The molecule has 0 aliphatic carbocycles. The molecule has 0 aromatic rings. The Labute approximate surface area is 92.4 Å². The summed E-state index contributed by atoms with van der Waals surface area (Å²) in [6.45, 7) is 0.525. The van der Waals surface area contributed by atoms with Gasteiger partial charge >= 0.3 is 0 Å². The monoisotopic (exact) mass is 238 g/mol. The average Bonchev–Trinajstić information content (AvgIpc) is 2.08. The summed E-state index contributed by atoms with van der Waals surface area (Å²) < 4.78 is 0. The van der Waals surface area contributed by atoms with Gasteiger partial charge in [0.2, 0.25) is 0 Å². The lowest BCUT2D eigenvalue weighted by molar-refractivity contribution is 0.418. The maximum atomic E-state index is 6.20. The maximum Gasteiger partial charge on any atom is 0.251 e. The van der Waals surface area contributed by atoms with Crippen LogP contribution in [0.5, 0.6) is 0 Å². The van der Waals surface area contributed by atoms with Crippen LogP contribution in [0.25, 0.3) is 0 Å². The number of hydrogen-bond donors (Lipinski definition) is 0. The van der Waals surface area contributed by atoms with Gasteiger partial charge in [-0.15, -0.1) is 22.2 Å². The van der Waals surface area contributed by atoms with E-state index in [9.17, 15) is 0 Å². The Balaban J connectivity index is 2.11. The molecule has 13 heavy (non-hydrogen) atoms. The van der Waals surface area contributed by atoms with Crippen molar-refractivity contribution < 1.29 is 0 Å². The number of unbranched alkanes of at least 4 members (excludes halogenated alkanes) is 2. The quantitative estimate of drug-likeness (QED) is 0.372. The molecular weight excluding hydrogens is 219 g/mol. The van der Waals surface area contributed by atoms with E-state index >= 15 is 0 Å². The maximum absolute atomic E-state index is 6.20. The lowest BCUT2D eigenvalue weighted by atomic mass is 9.96. The van der Waals surface area contributed by atoms with Gasteiger partial charge in [0.25, 0.3) is 6.69 Å². The van der Waals surface area contributed by atoms with Crippen LogP contribution in [-0.4, -0.2) is 6.69 Å². The smallest absolute Gasteiger partial charge is 0.146 e. The second-order valence-electron chi connectivity index (χ2n) is 4.30. The summed E-state index contributed by atoms with van der Waals surface area (Å²) in [5.74, 6) is 0.935. The largest absolute Gasteiger partial charge is 0.251 e. The van der Waals surface area contributed by atoms with Crippen LogP contribution in [0.4, 0.5) is 0 Å². The summed E-state index contributed by atoms with van der Waals surface area (Å²) in [7, 11) is 0. The van der Waals surface area contributed by atoms with Gasteiger partial charge < -0.3 is 0 Å². The molecule has 78 valence electrons. The van der Waals surface area contributed by atoms with Crippen LogP contribution >= 0.6 is 22.2 Å². The van der Waals surface area contributed by atoms with Crippen LogP contribution in [0.3, 0.4) is 0 Å². The lowest BCUT2D eigenvalue weighted by Gasteiger charge is -2.28. The Bertz CT molecular complexity index is 138. The molecule has 1 heterocycles. The molecule has 0 spiro atoms. The number of halogens is 2. The van der Waals surface area contributed by atoms with Gasteiger partial charge in [-0.25, -0.2) is 0 Å². The van der Waals surface area contributed by atoms with E-state index in [1.807, 2.05) is 0 Å². The van der Waals surface area contributed by atoms with Crippen molar-refractivity contribution in [2.45, 2.75) is 57.5 Å². The Morgan fingerprint density at radius 2 is 1.77 bits per heavy atom. The minimum Gasteiger partial charge on any atom is -0.146 e. The van der Waals surface area contributed by atoms with Crippen molar-refractivity contribution in [1.29, 1.82) is 0 Å². The molecule has 0 aromatic carbocycles. The average molecular weight is 239 g/mol. The molecule has 0 bridgehead atoms. The van der Waals surface area contributed by atoms with Gasteiger partial charge in [0.05, 0.1) is 0 Å². The van der Waals surface area contributed by atoms with E-state index in [2.05, 4.69) is 6.92 Å². The first-order valence-corrected chi connectivity index (χ1v) is 9.95. The highest BCUT2D eigenvalue weighted by atomic mass is 35.7. The van der Waals surface area contributed by atoms with Crippen molar-refractivity contribution in [3.8, 4) is 0 Å². The van der Waals surface area contributed by atoms with Gasteiger partial charge in [0.1, 0.15) is 0 Å². The van der Waals surface area contributed by atoms with Gasteiger partial charge in [0.15, 0.2) is 0 Å². The van der Waals surface area contributed by atoms with Crippen LogP contribution < -0.4 is 0 Å². The van der Waals surface area contributed by atoms with Crippen molar-refractivity contribution in [1.82, 2.24) is 0 Å². The van der Waals surface area contributed by atoms with E-state index in [1.54, 1.807) is 0 Å². The Hall–Kier alpha value is 0.797. The van der Waals surface area contributed by atoms with E-state index < -0.39 is 6.69 Å². The molecule has 1 aliphatic heterocycles. The first-order chi connectivity index (χ1) is 6.14. The Kier molecular flexibility index (Phi) is 5.13. The predicted octanol–water partition coefficient (Wildman–Crippen LogP) is 4.90. The molecule has 0 atom stereocenters. The molecule has 3 heteroatoms. The Morgan fingerprint density at radius 3 is 2.31 bits per heavy atom. The van der Waals surface area contributed by atoms with Crippen molar-refractivity contribution in [3.63, 3.8) is 0 Å². The fraction of sp³-hybridized carbons (Fsp3) is 1.00. The van der Waals surface area contributed by atoms with Gasteiger partial charge in [-0.3, -0.25) is 0 Å². The first-order valence-electron chi connectivity index (χ1n) is 5.52. The molecule has 0 nitrogen and oxygen atoms in total. The highest BCUT2D eigenvalue weighted by Crippen LogP contribution is 2.39. The van der Waals surface area contributed by atoms with Crippen molar-refractivity contribution in [2.24, 2.45) is 5.92 Å². The second-order valence-corrected chi connectivity index (χ2v) is 11.9. The summed E-state index contributed by atoms with van der Waals surface area (Å²) in [6, 6.07) is 2.26. The minimum absolute atomic E-state index is 0.935. The van der Waals surface area contributed by atoms with Crippen molar-refractivity contribution in [3.05, 3.63) is 0 Å². The van der Waals surface area contributed by atoms with Gasteiger partial charge in [-0.2, -0.15) is 0 Å². The van der Waals surface area contributed by atoms with Crippen LogP contribution in [-0.2, 0) is 0 Å². The van der Waals surface area contributed by atoms with Crippen LogP contribution in [0.2, 0.25) is 12.1 Å². The zero-order valence-electron chi connectivity index (χ0n) is 8.49. The molecule has 1 fully saturated rings. The van der Waals surface area contributed by atoms with Crippen LogP contribution in [0.15, 0.2) is 0 Å². The molecule has 1 saturated heterocycles. The fourth-order valence-corrected chi connectivity index (χ4v) is 5.29. The molecular formula is C10H20Cl2Si. The molecule has 1 rings (SSSR count). The molecule has 0 N–H and O–H groups in total. The summed E-state index contributed by atoms with van der Waals surface area (Å²) in [6.07, 6.45) is 8.12. The third-order valence-corrected chi connectivity index (χ3v) is 7.36. The van der Waals surface area contributed by atoms with Crippen molar-refractivity contribution in [2.75, 3.05) is 0 Å². The van der Waals surface area contributed by atoms with E-state index in [4.69, 9.17) is 22.2 Å². The zero-order chi connectivity index (χ0) is 9.73. The summed E-state index contributed by atoms with van der Waals surface area (Å²) >= 11 is 12.4. The van der Waals surface area contributed by atoms with E-state index in [1.165, 1.54) is 38.5 Å². The normalized spacial score (nSPS) is 23.3. The number of hydrogen-bond acceptors (Lipinski definition) is 0. The molecule has 0 saturated carbocycles.